The second-order valence-electron chi connectivity index (χ2n) is 5.59. The van der Waals surface area contributed by atoms with Crippen LogP contribution in [0.1, 0.15) is 18.5 Å². The van der Waals surface area contributed by atoms with Gasteiger partial charge in [0.05, 0.1) is 11.8 Å². The molecule has 9 nitrogen and oxygen atoms in total. The summed E-state index contributed by atoms with van der Waals surface area (Å²) in [6, 6.07) is 5.07. The van der Waals surface area contributed by atoms with Crippen LogP contribution in [0.4, 0.5) is 0 Å². The molecule has 1 aromatic heterocycles. The first-order valence-electron chi connectivity index (χ1n) is 7.63. The van der Waals surface area contributed by atoms with E-state index in [1.807, 2.05) is 18.2 Å². The number of pyridine rings is 1. The SMILES string of the molecule is CN(CC(=O)O)NC(=O)C[C@H](N)C[C@@H](O)CNCc1ccccn1. The molecule has 0 bridgehead atoms. The van der Waals surface area contributed by atoms with E-state index in [0.29, 0.717) is 13.1 Å². The second-order valence-corrected chi connectivity index (χ2v) is 5.59. The van der Waals surface area contributed by atoms with E-state index in [1.54, 1.807) is 6.20 Å². The molecular weight excluding hydrogens is 314 g/mol. The lowest BCUT2D eigenvalue weighted by atomic mass is 10.1. The number of carboxylic acids is 1. The molecule has 1 amide bonds. The Morgan fingerprint density at radius 3 is 2.79 bits per heavy atom. The van der Waals surface area contributed by atoms with E-state index < -0.39 is 18.1 Å². The van der Waals surface area contributed by atoms with Crippen molar-refractivity contribution in [3.8, 4) is 0 Å². The highest BCUT2D eigenvalue weighted by atomic mass is 16.4. The lowest BCUT2D eigenvalue weighted by Gasteiger charge is -2.19. The van der Waals surface area contributed by atoms with Gasteiger partial charge in [-0.05, 0) is 18.6 Å². The number of aromatic nitrogens is 1. The molecule has 0 radical (unpaired) electrons. The summed E-state index contributed by atoms with van der Waals surface area (Å²) >= 11 is 0. The molecule has 1 heterocycles. The van der Waals surface area contributed by atoms with Crippen molar-refractivity contribution in [2.24, 2.45) is 5.73 Å². The van der Waals surface area contributed by atoms with Gasteiger partial charge in [-0.3, -0.25) is 20.0 Å². The van der Waals surface area contributed by atoms with E-state index in [9.17, 15) is 14.7 Å². The topological polar surface area (TPSA) is 141 Å². The van der Waals surface area contributed by atoms with Gasteiger partial charge in [0.25, 0.3) is 0 Å². The van der Waals surface area contributed by atoms with Gasteiger partial charge in [0.2, 0.25) is 5.91 Å². The van der Waals surface area contributed by atoms with Crippen LogP contribution in [0.2, 0.25) is 0 Å². The molecule has 24 heavy (non-hydrogen) atoms. The molecule has 0 fully saturated rings. The van der Waals surface area contributed by atoms with Gasteiger partial charge in [-0.25, -0.2) is 5.01 Å². The molecule has 1 rings (SSSR count). The van der Waals surface area contributed by atoms with Gasteiger partial charge in [0.15, 0.2) is 0 Å². The van der Waals surface area contributed by atoms with Crippen LogP contribution in [0.25, 0.3) is 0 Å². The fourth-order valence-corrected chi connectivity index (χ4v) is 2.12. The zero-order valence-electron chi connectivity index (χ0n) is 13.7. The number of rotatable bonds is 11. The highest BCUT2D eigenvalue weighted by Gasteiger charge is 2.16. The quantitative estimate of drug-likeness (QED) is 0.313. The van der Waals surface area contributed by atoms with Gasteiger partial charge in [0.1, 0.15) is 6.54 Å². The van der Waals surface area contributed by atoms with Crippen LogP contribution in [-0.2, 0) is 16.1 Å². The molecule has 0 saturated heterocycles. The van der Waals surface area contributed by atoms with E-state index in [1.165, 1.54) is 12.1 Å². The average molecular weight is 339 g/mol. The van der Waals surface area contributed by atoms with Crippen LogP contribution in [0.5, 0.6) is 0 Å². The Kier molecular flexibility index (Phi) is 8.87. The van der Waals surface area contributed by atoms with Gasteiger partial charge >= 0.3 is 5.97 Å². The zero-order valence-corrected chi connectivity index (χ0v) is 13.7. The number of carbonyl (C=O) groups excluding carboxylic acids is 1. The number of amides is 1. The predicted octanol–water partition coefficient (Wildman–Crippen LogP) is -1.31. The number of likely N-dealkylation sites (N-methyl/N-ethyl adjacent to an activating group) is 1. The van der Waals surface area contributed by atoms with Crippen molar-refractivity contribution in [1.82, 2.24) is 20.7 Å². The number of hydrazine groups is 1. The van der Waals surface area contributed by atoms with Gasteiger partial charge in [-0.15, -0.1) is 0 Å². The van der Waals surface area contributed by atoms with Crippen LogP contribution < -0.4 is 16.5 Å². The number of carbonyl (C=O) groups is 2. The van der Waals surface area contributed by atoms with Crippen molar-refractivity contribution in [2.75, 3.05) is 20.1 Å². The molecule has 9 heteroatoms. The van der Waals surface area contributed by atoms with Crippen molar-refractivity contribution in [3.63, 3.8) is 0 Å². The number of aliphatic carboxylic acids is 1. The largest absolute Gasteiger partial charge is 0.480 e. The third-order valence-corrected chi connectivity index (χ3v) is 3.12. The number of nitrogens with one attached hydrogen (secondary N) is 2. The molecule has 134 valence electrons. The highest BCUT2D eigenvalue weighted by molar-refractivity contribution is 5.76. The molecule has 1 aromatic rings. The molecule has 0 saturated carbocycles. The van der Waals surface area contributed by atoms with Crippen molar-refractivity contribution >= 4 is 11.9 Å². The van der Waals surface area contributed by atoms with Crippen molar-refractivity contribution in [1.29, 1.82) is 0 Å². The predicted molar refractivity (Wildman–Crippen MR) is 87.6 cm³/mol. The van der Waals surface area contributed by atoms with Crippen molar-refractivity contribution in [3.05, 3.63) is 30.1 Å². The van der Waals surface area contributed by atoms with Crippen molar-refractivity contribution < 1.29 is 19.8 Å². The molecule has 0 aliphatic carbocycles. The van der Waals surface area contributed by atoms with Gasteiger partial charge < -0.3 is 21.3 Å². The Balaban J connectivity index is 2.19. The first-order chi connectivity index (χ1) is 11.4. The molecule has 0 unspecified atom stereocenters. The van der Waals surface area contributed by atoms with E-state index in [-0.39, 0.29) is 25.3 Å². The maximum atomic E-state index is 11.7. The standard InChI is InChI=1S/C15H25N5O4/c1-20(10-15(23)24)19-14(22)7-11(16)6-13(21)9-17-8-12-4-2-3-5-18-12/h2-5,11,13,17,21H,6-10,16H2,1H3,(H,19,22)(H,23,24)/t11-,13-/m1/s1. The van der Waals surface area contributed by atoms with Gasteiger partial charge in [-0.2, -0.15) is 0 Å². The van der Waals surface area contributed by atoms with Crippen LogP contribution in [-0.4, -0.2) is 64.4 Å². The van der Waals surface area contributed by atoms with E-state index in [2.05, 4.69) is 15.7 Å². The Morgan fingerprint density at radius 2 is 2.17 bits per heavy atom. The van der Waals surface area contributed by atoms with Crippen molar-refractivity contribution in [2.45, 2.75) is 31.5 Å². The fourth-order valence-electron chi connectivity index (χ4n) is 2.12. The number of hydrogen-bond donors (Lipinski definition) is 5. The summed E-state index contributed by atoms with van der Waals surface area (Å²) in [7, 11) is 1.45. The summed E-state index contributed by atoms with van der Waals surface area (Å²) in [5.41, 5.74) is 9.12. The fraction of sp³-hybridized carbons (Fsp3) is 0.533. The van der Waals surface area contributed by atoms with Gasteiger partial charge in [-0.1, -0.05) is 6.07 Å². The minimum atomic E-state index is -1.04. The smallest absolute Gasteiger partial charge is 0.319 e. The second kappa shape index (κ2) is 10.7. The van der Waals surface area contributed by atoms with Crippen LogP contribution in [0.3, 0.4) is 0 Å². The number of carboxylic acid groups (broad SMARTS) is 1. The monoisotopic (exact) mass is 339 g/mol. The summed E-state index contributed by atoms with van der Waals surface area (Å²) < 4.78 is 0. The first kappa shape index (κ1) is 20.0. The number of aliphatic hydroxyl groups excluding tert-OH is 1. The lowest BCUT2D eigenvalue weighted by molar-refractivity contribution is -0.139. The van der Waals surface area contributed by atoms with E-state index in [0.717, 1.165) is 5.69 Å². The third-order valence-electron chi connectivity index (χ3n) is 3.12. The molecule has 2 atom stereocenters. The zero-order chi connectivity index (χ0) is 17.9. The summed E-state index contributed by atoms with van der Waals surface area (Å²) in [5.74, 6) is -1.43. The number of hydrogen-bond acceptors (Lipinski definition) is 7. The summed E-state index contributed by atoms with van der Waals surface area (Å²) in [4.78, 5) is 26.4. The van der Waals surface area contributed by atoms with Gasteiger partial charge in [0, 0.05) is 38.8 Å². The minimum Gasteiger partial charge on any atom is -0.480 e. The summed E-state index contributed by atoms with van der Waals surface area (Å²) in [6.45, 7) is 0.569. The normalized spacial score (nSPS) is 13.5. The molecule has 0 aliphatic heterocycles. The number of aliphatic hydroxyl groups is 1. The molecule has 0 spiro atoms. The third kappa shape index (κ3) is 9.16. The maximum absolute atomic E-state index is 11.7. The Morgan fingerprint density at radius 1 is 1.42 bits per heavy atom. The molecule has 6 N–H and O–H groups in total. The van der Waals surface area contributed by atoms with Crippen LogP contribution in [0.15, 0.2) is 24.4 Å². The maximum Gasteiger partial charge on any atom is 0.319 e. The minimum absolute atomic E-state index is 0.00125. The van der Waals surface area contributed by atoms with Crippen LogP contribution in [0, 0.1) is 0 Å². The molecular formula is C15H25N5O4. The average Bonchev–Trinajstić information content (AvgIpc) is 2.46. The van der Waals surface area contributed by atoms with E-state index in [4.69, 9.17) is 10.8 Å². The number of nitrogens with zero attached hydrogens (tertiary/aromatic N) is 2. The molecule has 0 aliphatic rings. The summed E-state index contributed by atoms with van der Waals surface area (Å²) in [6.07, 6.45) is 1.27. The Labute approximate surface area is 140 Å². The Hall–Kier alpha value is -2.07. The first-order valence-corrected chi connectivity index (χ1v) is 7.63. The molecule has 0 aromatic carbocycles. The highest BCUT2D eigenvalue weighted by Crippen LogP contribution is 2.01. The van der Waals surface area contributed by atoms with E-state index >= 15 is 0 Å². The number of nitrogens with two attached hydrogens (primary N) is 1. The summed E-state index contributed by atoms with van der Waals surface area (Å²) in [5, 5.41) is 22.8. The van der Waals surface area contributed by atoms with Crippen LogP contribution >= 0.6 is 0 Å². The Bertz CT molecular complexity index is 514. The lowest BCUT2D eigenvalue weighted by Crippen LogP contribution is -2.44.